The van der Waals surface area contributed by atoms with Crippen LogP contribution in [0.25, 0.3) is 0 Å². The zero-order valence-corrected chi connectivity index (χ0v) is 15.4. The second kappa shape index (κ2) is 8.82. The average molecular weight is 401 g/mol. The van der Waals surface area contributed by atoms with Gasteiger partial charge in [-0.2, -0.15) is 0 Å². The molecule has 0 radical (unpaired) electrons. The molecular weight excluding hydrogens is 386 g/mol. The van der Waals surface area contributed by atoms with Gasteiger partial charge in [0.05, 0.1) is 23.6 Å². The number of carbonyl (C=O) groups is 2. The van der Waals surface area contributed by atoms with Gasteiger partial charge in [0.1, 0.15) is 0 Å². The molecule has 26 heavy (non-hydrogen) atoms. The summed E-state index contributed by atoms with van der Waals surface area (Å²) >= 11 is 11.6. The Morgan fingerprint density at radius 3 is 2.65 bits per heavy atom. The number of aromatic nitrogens is 1. The molecule has 1 atom stereocenters. The lowest BCUT2D eigenvalue weighted by molar-refractivity contribution is -0.152. The number of anilines is 1. The molecule has 1 aromatic heterocycles. The minimum atomic E-state index is -1.10. The van der Waals surface area contributed by atoms with Gasteiger partial charge in [-0.3, -0.25) is 9.59 Å². The van der Waals surface area contributed by atoms with E-state index in [0.29, 0.717) is 10.6 Å². The summed E-state index contributed by atoms with van der Waals surface area (Å²) in [5.41, 5.74) is 0.392. The molecule has 1 aromatic carbocycles. The molecule has 0 saturated heterocycles. The number of rotatable bonds is 6. The molecule has 0 aliphatic rings. The molecule has 0 spiro atoms. The highest BCUT2D eigenvalue weighted by molar-refractivity contribution is 6.36. The third-order valence-electron chi connectivity index (χ3n) is 3.29. The Bertz CT molecular complexity index is 832. The van der Waals surface area contributed by atoms with Crippen molar-refractivity contribution in [1.82, 2.24) is 4.98 Å². The maximum absolute atomic E-state index is 13.6. The van der Waals surface area contributed by atoms with Crippen molar-refractivity contribution < 1.29 is 23.5 Å². The summed E-state index contributed by atoms with van der Waals surface area (Å²) in [6, 6.07) is 5.52. The maximum atomic E-state index is 13.6. The lowest BCUT2D eigenvalue weighted by Gasteiger charge is -2.14. The molecule has 9 heteroatoms. The number of amides is 1. The van der Waals surface area contributed by atoms with Gasteiger partial charge in [0, 0.05) is 6.20 Å². The summed E-state index contributed by atoms with van der Waals surface area (Å²) in [5, 5.41) is 2.91. The second-order valence-electron chi connectivity index (χ2n) is 5.25. The number of esters is 1. The van der Waals surface area contributed by atoms with E-state index >= 15 is 0 Å². The minimum Gasteiger partial charge on any atom is -0.494 e. The van der Waals surface area contributed by atoms with Crippen molar-refractivity contribution in [2.75, 3.05) is 12.4 Å². The first-order valence-electron chi connectivity index (χ1n) is 7.44. The van der Waals surface area contributed by atoms with Crippen LogP contribution in [0.1, 0.15) is 12.5 Å². The monoisotopic (exact) mass is 400 g/mol. The number of benzene rings is 1. The normalized spacial score (nSPS) is 11.6. The molecule has 0 unspecified atom stereocenters. The number of ether oxygens (including phenoxy) is 2. The number of methoxy groups -OCH3 is 1. The van der Waals surface area contributed by atoms with Crippen LogP contribution in [0.4, 0.5) is 10.2 Å². The summed E-state index contributed by atoms with van der Waals surface area (Å²) in [6.45, 7) is 1.39. The van der Waals surface area contributed by atoms with Gasteiger partial charge in [-0.15, -0.1) is 0 Å². The molecule has 2 rings (SSSR count). The SMILES string of the molecule is COc1ccc(CC(=O)O[C@@H](C)C(=O)Nc2ncc(Cl)cc2Cl)cc1F. The predicted octanol–water partition coefficient (Wildman–Crippen LogP) is 3.65. The molecule has 1 N–H and O–H groups in total. The van der Waals surface area contributed by atoms with Gasteiger partial charge in [-0.05, 0) is 30.7 Å². The number of hydrogen-bond acceptors (Lipinski definition) is 5. The topological polar surface area (TPSA) is 77.5 Å². The van der Waals surface area contributed by atoms with Crippen molar-refractivity contribution in [3.63, 3.8) is 0 Å². The standard InChI is InChI=1S/C17H15Cl2FN2O4/c1-9(17(24)22-16-12(19)7-11(18)8-21-16)26-15(23)6-10-3-4-14(25-2)13(20)5-10/h3-5,7-9H,6H2,1-2H3,(H,21,22,24)/t9-/m0/s1. The van der Waals surface area contributed by atoms with E-state index in [1.165, 1.54) is 44.5 Å². The van der Waals surface area contributed by atoms with Crippen LogP contribution >= 0.6 is 23.2 Å². The molecule has 0 aliphatic carbocycles. The first-order valence-corrected chi connectivity index (χ1v) is 8.19. The summed E-state index contributed by atoms with van der Waals surface area (Å²) < 4.78 is 23.5. The lowest BCUT2D eigenvalue weighted by Crippen LogP contribution is -2.30. The van der Waals surface area contributed by atoms with Crippen LogP contribution in [0, 0.1) is 5.82 Å². The number of nitrogens with one attached hydrogen (secondary N) is 1. The molecule has 6 nitrogen and oxygen atoms in total. The van der Waals surface area contributed by atoms with Crippen LogP contribution in [-0.2, 0) is 20.7 Å². The largest absolute Gasteiger partial charge is 0.494 e. The summed E-state index contributed by atoms with van der Waals surface area (Å²) in [6.07, 6.45) is 0.0234. The van der Waals surface area contributed by atoms with E-state index in [1.54, 1.807) is 0 Å². The molecule has 0 fully saturated rings. The number of halogens is 3. The van der Waals surface area contributed by atoms with E-state index in [1.807, 2.05) is 0 Å². The predicted molar refractivity (Wildman–Crippen MR) is 95.1 cm³/mol. The fourth-order valence-electron chi connectivity index (χ4n) is 2.00. The molecule has 2 aromatic rings. The molecular formula is C17H15Cl2FN2O4. The highest BCUT2D eigenvalue weighted by Crippen LogP contribution is 2.23. The van der Waals surface area contributed by atoms with E-state index in [4.69, 9.17) is 32.7 Å². The smallest absolute Gasteiger partial charge is 0.311 e. The van der Waals surface area contributed by atoms with Crippen molar-refractivity contribution in [3.05, 3.63) is 51.9 Å². The van der Waals surface area contributed by atoms with Crippen LogP contribution in [0.3, 0.4) is 0 Å². The van der Waals surface area contributed by atoms with E-state index in [0.717, 1.165) is 0 Å². The molecule has 0 bridgehead atoms. The number of hydrogen-bond donors (Lipinski definition) is 1. The lowest BCUT2D eigenvalue weighted by atomic mass is 10.1. The van der Waals surface area contributed by atoms with Gasteiger partial charge in [-0.1, -0.05) is 29.3 Å². The van der Waals surface area contributed by atoms with Gasteiger partial charge in [0.25, 0.3) is 5.91 Å². The Kier molecular flexibility index (Phi) is 6.76. The van der Waals surface area contributed by atoms with Crippen LogP contribution in [0.5, 0.6) is 5.75 Å². The Labute approximate surface area is 159 Å². The summed E-state index contributed by atoms with van der Waals surface area (Å²) in [7, 11) is 1.34. The Morgan fingerprint density at radius 1 is 1.31 bits per heavy atom. The third kappa shape index (κ3) is 5.31. The van der Waals surface area contributed by atoms with Gasteiger partial charge in [0.2, 0.25) is 0 Å². The first-order chi connectivity index (χ1) is 12.3. The first kappa shape index (κ1) is 19.9. The molecule has 0 saturated carbocycles. The Balaban J connectivity index is 1.93. The zero-order valence-electron chi connectivity index (χ0n) is 13.9. The maximum Gasteiger partial charge on any atom is 0.311 e. The van der Waals surface area contributed by atoms with E-state index in [-0.39, 0.29) is 23.0 Å². The summed E-state index contributed by atoms with van der Waals surface area (Å²) in [5.74, 6) is -1.72. The van der Waals surface area contributed by atoms with Crippen molar-refractivity contribution in [2.45, 2.75) is 19.4 Å². The zero-order chi connectivity index (χ0) is 19.3. The van der Waals surface area contributed by atoms with Crippen molar-refractivity contribution in [1.29, 1.82) is 0 Å². The van der Waals surface area contributed by atoms with Crippen LogP contribution in [0.2, 0.25) is 10.0 Å². The average Bonchev–Trinajstić information content (AvgIpc) is 2.57. The quantitative estimate of drug-likeness (QED) is 0.748. The van der Waals surface area contributed by atoms with Gasteiger partial charge in [0.15, 0.2) is 23.5 Å². The van der Waals surface area contributed by atoms with Crippen molar-refractivity contribution in [3.8, 4) is 5.75 Å². The molecule has 1 heterocycles. The van der Waals surface area contributed by atoms with Crippen LogP contribution in [-0.4, -0.2) is 30.1 Å². The van der Waals surface area contributed by atoms with Gasteiger partial charge < -0.3 is 14.8 Å². The number of carbonyl (C=O) groups excluding carboxylic acids is 2. The summed E-state index contributed by atoms with van der Waals surface area (Å²) in [4.78, 5) is 27.9. The molecule has 0 aliphatic heterocycles. The number of pyridine rings is 1. The van der Waals surface area contributed by atoms with E-state index in [9.17, 15) is 14.0 Å². The Hall–Kier alpha value is -2.38. The van der Waals surface area contributed by atoms with Crippen molar-refractivity contribution in [2.24, 2.45) is 0 Å². The van der Waals surface area contributed by atoms with E-state index in [2.05, 4.69) is 10.3 Å². The fraction of sp³-hybridized carbons (Fsp3) is 0.235. The van der Waals surface area contributed by atoms with Gasteiger partial charge >= 0.3 is 5.97 Å². The fourth-order valence-corrected chi connectivity index (χ4v) is 2.43. The van der Waals surface area contributed by atoms with Crippen LogP contribution in [0.15, 0.2) is 30.5 Å². The van der Waals surface area contributed by atoms with Crippen molar-refractivity contribution >= 4 is 40.9 Å². The number of nitrogens with zero attached hydrogens (tertiary/aromatic N) is 1. The molecule has 1 amide bonds. The third-order valence-corrected chi connectivity index (χ3v) is 3.79. The van der Waals surface area contributed by atoms with E-state index < -0.39 is 23.8 Å². The highest BCUT2D eigenvalue weighted by Gasteiger charge is 2.20. The Morgan fingerprint density at radius 2 is 2.04 bits per heavy atom. The van der Waals surface area contributed by atoms with Crippen LogP contribution < -0.4 is 10.1 Å². The minimum absolute atomic E-state index is 0.0715. The highest BCUT2D eigenvalue weighted by atomic mass is 35.5. The molecule has 138 valence electrons. The van der Waals surface area contributed by atoms with Gasteiger partial charge in [-0.25, -0.2) is 9.37 Å². The second-order valence-corrected chi connectivity index (χ2v) is 6.09.